The molecule has 0 aliphatic carbocycles. The SMILES string of the molecule is CC(=O)OC1O[C@H](COC(=O)c2ccccc2)[C@H](OC(=O)c2ccccc2)[C@@H]1F. The fraction of sp³-hybridized carbons (Fsp3) is 0.286. The average Bonchev–Trinajstić information content (AvgIpc) is 3.01. The number of halogens is 1. The summed E-state index contributed by atoms with van der Waals surface area (Å²) in [5.41, 5.74) is 0.521. The van der Waals surface area contributed by atoms with Gasteiger partial charge >= 0.3 is 17.9 Å². The van der Waals surface area contributed by atoms with Gasteiger partial charge in [-0.05, 0) is 24.3 Å². The number of hydrogen-bond acceptors (Lipinski definition) is 7. The summed E-state index contributed by atoms with van der Waals surface area (Å²) in [6, 6.07) is 16.2. The van der Waals surface area contributed by atoms with Crippen LogP contribution in [0.3, 0.4) is 0 Å². The summed E-state index contributed by atoms with van der Waals surface area (Å²) in [4.78, 5) is 35.6. The lowest BCUT2D eigenvalue weighted by Crippen LogP contribution is -2.37. The Labute approximate surface area is 166 Å². The highest BCUT2D eigenvalue weighted by atomic mass is 19.1. The van der Waals surface area contributed by atoms with Gasteiger partial charge in [-0.2, -0.15) is 0 Å². The summed E-state index contributed by atoms with van der Waals surface area (Å²) in [6.07, 6.45) is -6.07. The minimum absolute atomic E-state index is 0.218. The van der Waals surface area contributed by atoms with Gasteiger partial charge in [-0.25, -0.2) is 14.0 Å². The number of esters is 3. The van der Waals surface area contributed by atoms with Crippen LogP contribution in [0.4, 0.5) is 4.39 Å². The first-order valence-electron chi connectivity index (χ1n) is 8.90. The highest BCUT2D eigenvalue weighted by Gasteiger charge is 2.50. The molecule has 1 saturated heterocycles. The second kappa shape index (κ2) is 9.29. The van der Waals surface area contributed by atoms with E-state index in [4.69, 9.17) is 18.9 Å². The quantitative estimate of drug-likeness (QED) is 0.542. The minimum Gasteiger partial charge on any atom is -0.459 e. The molecule has 0 bridgehead atoms. The zero-order valence-corrected chi connectivity index (χ0v) is 15.5. The van der Waals surface area contributed by atoms with Gasteiger partial charge in [0.25, 0.3) is 0 Å². The van der Waals surface area contributed by atoms with Crippen molar-refractivity contribution in [2.75, 3.05) is 6.61 Å². The maximum Gasteiger partial charge on any atom is 0.338 e. The van der Waals surface area contributed by atoms with Crippen LogP contribution in [-0.2, 0) is 23.7 Å². The second-order valence-corrected chi connectivity index (χ2v) is 6.30. The van der Waals surface area contributed by atoms with E-state index >= 15 is 0 Å². The van der Waals surface area contributed by atoms with Crippen molar-refractivity contribution in [3.63, 3.8) is 0 Å². The monoisotopic (exact) mass is 402 g/mol. The molecule has 2 aromatic carbocycles. The van der Waals surface area contributed by atoms with Crippen LogP contribution in [0, 0.1) is 0 Å². The number of rotatable bonds is 6. The van der Waals surface area contributed by atoms with E-state index in [1.165, 1.54) is 12.1 Å². The van der Waals surface area contributed by atoms with E-state index in [1.807, 2.05) is 0 Å². The summed E-state index contributed by atoms with van der Waals surface area (Å²) >= 11 is 0. The molecule has 1 fully saturated rings. The van der Waals surface area contributed by atoms with Gasteiger partial charge in [0.15, 0.2) is 6.10 Å². The van der Waals surface area contributed by atoms with Crippen LogP contribution >= 0.6 is 0 Å². The van der Waals surface area contributed by atoms with Crippen molar-refractivity contribution in [3.8, 4) is 0 Å². The van der Waals surface area contributed by atoms with E-state index < -0.39 is 49.2 Å². The molecule has 8 heteroatoms. The Bertz CT molecular complexity index is 856. The van der Waals surface area contributed by atoms with Crippen molar-refractivity contribution in [2.45, 2.75) is 31.6 Å². The van der Waals surface area contributed by atoms with Crippen molar-refractivity contribution in [1.29, 1.82) is 0 Å². The summed E-state index contributed by atoms with van der Waals surface area (Å²) in [7, 11) is 0. The van der Waals surface area contributed by atoms with Crippen LogP contribution in [-0.4, -0.2) is 49.2 Å². The molecule has 4 atom stereocenters. The molecule has 3 rings (SSSR count). The highest BCUT2D eigenvalue weighted by Crippen LogP contribution is 2.29. The zero-order chi connectivity index (χ0) is 20.8. The average molecular weight is 402 g/mol. The molecule has 0 radical (unpaired) electrons. The third-order valence-corrected chi connectivity index (χ3v) is 4.17. The number of alkyl halides is 1. The molecule has 0 amide bonds. The third kappa shape index (κ3) is 5.17. The molecule has 0 N–H and O–H groups in total. The molecular weight excluding hydrogens is 383 g/mol. The molecule has 1 unspecified atom stereocenters. The fourth-order valence-electron chi connectivity index (χ4n) is 2.80. The summed E-state index contributed by atoms with van der Waals surface area (Å²) in [6.45, 7) is 0.711. The van der Waals surface area contributed by atoms with E-state index in [-0.39, 0.29) is 5.56 Å². The molecule has 152 valence electrons. The molecule has 1 heterocycles. The highest BCUT2D eigenvalue weighted by molar-refractivity contribution is 5.90. The third-order valence-electron chi connectivity index (χ3n) is 4.17. The minimum atomic E-state index is -1.94. The molecule has 29 heavy (non-hydrogen) atoms. The van der Waals surface area contributed by atoms with Crippen molar-refractivity contribution in [2.24, 2.45) is 0 Å². The normalized spacial score (nSPS) is 23.2. The van der Waals surface area contributed by atoms with Crippen molar-refractivity contribution in [3.05, 3.63) is 71.8 Å². The van der Waals surface area contributed by atoms with Gasteiger partial charge in [0, 0.05) is 6.92 Å². The molecule has 0 saturated carbocycles. The lowest BCUT2D eigenvalue weighted by Gasteiger charge is -2.19. The Morgan fingerprint density at radius 2 is 1.45 bits per heavy atom. The molecule has 2 aromatic rings. The number of benzene rings is 2. The van der Waals surface area contributed by atoms with Gasteiger partial charge in [-0.1, -0.05) is 36.4 Å². The van der Waals surface area contributed by atoms with E-state index in [0.717, 1.165) is 6.92 Å². The van der Waals surface area contributed by atoms with Gasteiger partial charge in [-0.15, -0.1) is 0 Å². The van der Waals surface area contributed by atoms with Gasteiger partial charge < -0.3 is 18.9 Å². The van der Waals surface area contributed by atoms with Crippen molar-refractivity contribution < 1.29 is 37.7 Å². The predicted octanol–water partition coefficient (Wildman–Crippen LogP) is 2.70. The Morgan fingerprint density at radius 3 is 2.00 bits per heavy atom. The number of hydrogen-bond donors (Lipinski definition) is 0. The molecular formula is C21H19FO7. The van der Waals surface area contributed by atoms with Crippen LogP contribution in [0.1, 0.15) is 27.6 Å². The van der Waals surface area contributed by atoms with Crippen LogP contribution in [0.2, 0.25) is 0 Å². The summed E-state index contributed by atoms with van der Waals surface area (Å²) in [5, 5.41) is 0. The first-order valence-corrected chi connectivity index (χ1v) is 8.90. The number of carbonyl (C=O) groups is 3. The predicted molar refractivity (Wildman–Crippen MR) is 97.7 cm³/mol. The first-order chi connectivity index (χ1) is 14.0. The van der Waals surface area contributed by atoms with Gasteiger partial charge in [0.05, 0.1) is 11.1 Å². The van der Waals surface area contributed by atoms with Gasteiger partial charge in [0.1, 0.15) is 12.7 Å². The number of carbonyl (C=O) groups excluding carboxylic acids is 3. The Hall–Kier alpha value is -3.26. The molecule has 1 aliphatic rings. The first kappa shape index (κ1) is 20.5. The fourth-order valence-corrected chi connectivity index (χ4v) is 2.80. The zero-order valence-electron chi connectivity index (χ0n) is 15.5. The lowest BCUT2D eigenvalue weighted by atomic mass is 10.1. The second-order valence-electron chi connectivity index (χ2n) is 6.30. The standard InChI is InChI=1S/C21H19FO7/c1-13(23)27-21-17(22)18(29-20(25)15-10-6-3-7-11-15)16(28-21)12-26-19(24)14-8-4-2-5-9-14/h2-11,16-18,21H,12H2,1H3/t16-,17+,18+,21?/m1/s1. The molecule has 0 aromatic heterocycles. The van der Waals surface area contributed by atoms with Crippen LogP contribution in [0.25, 0.3) is 0 Å². The molecule has 0 spiro atoms. The van der Waals surface area contributed by atoms with E-state index in [1.54, 1.807) is 48.5 Å². The Kier molecular flexibility index (Phi) is 6.56. The van der Waals surface area contributed by atoms with Gasteiger partial charge in [0.2, 0.25) is 12.5 Å². The topological polar surface area (TPSA) is 88.1 Å². The molecule has 7 nitrogen and oxygen atoms in total. The number of ether oxygens (including phenoxy) is 4. The van der Waals surface area contributed by atoms with Gasteiger partial charge in [-0.3, -0.25) is 4.79 Å². The van der Waals surface area contributed by atoms with Crippen molar-refractivity contribution >= 4 is 17.9 Å². The smallest absolute Gasteiger partial charge is 0.338 e. The van der Waals surface area contributed by atoms with E-state index in [2.05, 4.69) is 0 Å². The maximum atomic E-state index is 14.8. The lowest BCUT2D eigenvalue weighted by molar-refractivity contribution is -0.182. The van der Waals surface area contributed by atoms with Crippen molar-refractivity contribution in [1.82, 2.24) is 0 Å². The van der Waals surface area contributed by atoms with E-state index in [0.29, 0.717) is 5.56 Å². The summed E-state index contributed by atoms with van der Waals surface area (Å²) < 4.78 is 35.3. The Morgan fingerprint density at radius 1 is 0.897 bits per heavy atom. The van der Waals surface area contributed by atoms with Crippen LogP contribution in [0.5, 0.6) is 0 Å². The summed E-state index contributed by atoms with van der Waals surface area (Å²) in [5.74, 6) is -2.17. The molecule has 1 aliphatic heterocycles. The Balaban J connectivity index is 1.70. The van der Waals surface area contributed by atoms with E-state index in [9.17, 15) is 18.8 Å². The van der Waals surface area contributed by atoms with Crippen LogP contribution < -0.4 is 0 Å². The largest absolute Gasteiger partial charge is 0.459 e. The van der Waals surface area contributed by atoms with Crippen LogP contribution in [0.15, 0.2) is 60.7 Å². The maximum absolute atomic E-state index is 14.8.